The van der Waals surface area contributed by atoms with Crippen molar-refractivity contribution in [1.82, 2.24) is 9.97 Å². The average molecular weight is 270 g/mol. The van der Waals surface area contributed by atoms with Gasteiger partial charge in [-0.2, -0.15) is 0 Å². The Kier molecular flexibility index (Phi) is 3.02. The van der Waals surface area contributed by atoms with Crippen LogP contribution in [0.25, 0.3) is 0 Å². The highest BCUT2D eigenvalue weighted by Gasteiger charge is 2.48. The van der Waals surface area contributed by atoms with Crippen LogP contribution >= 0.6 is 12.2 Å². The molecule has 1 aliphatic carbocycles. The Bertz CT molecular complexity index is 639. The van der Waals surface area contributed by atoms with Crippen LogP contribution in [-0.2, 0) is 5.41 Å². The summed E-state index contributed by atoms with van der Waals surface area (Å²) in [5.74, 6) is 1.48. The van der Waals surface area contributed by atoms with Crippen LogP contribution in [-0.4, -0.2) is 9.97 Å². The largest absolute Gasteiger partial charge is 0.346 e. The maximum Gasteiger partial charge on any atom is 0.130 e. The highest BCUT2D eigenvalue weighted by Crippen LogP contribution is 2.52. The SMILES string of the molecule is CC(C)c1cc(=S)nc(C2(c3ccccc3)CC2)[nH]1. The quantitative estimate of drug-likeness (QED) is 0.840. The number of aromatic nitrogens is 2. The Morgan fingerprint density at radius 2 is 1.89 bits per heavy atom. The van der Waals surface area contributed by atoms with Gasteiger partial charge in [0.15, 0.2) is 0 Å². The molecular formula is C16H18N2S. The van der Waals surface area contributed by atoms with Crippen molar-refractivity contribution in [3.8, 4) is 0 Å². The van der Waals surface area contributed by atoms with Crippen molar-refractivity contribution in [2.75, 3.05) is 0 Å². The molecule has 19 heavy (non-hydrogen) atoms. The number of rotatable bonds is 3. The highest BCUT2D eigenvalue weighted by molar-refractivity contribution is 7.71. The minimum atomic E-state index is 0.0692. The van der Waals surface area contributed by atoms with Gasteiger partial charge in [0.25, 0.3) is 0 Å². The van der Waals surface area contributed by atoms with Gasteiger partial charge in [0.05, 0.1) is 5.41 Å². The molecule has 1 aromatic heterocycles. The van der Waals surface area contributed by atoms with Gasteiger partial charge in [-0.05, 0) is 30.4 Å². The highest BCUT2D eigenvalue weighted by atomic mass is 32.1. The molecule has 2 aromatic rings. The van der Waals surface area contributed by atoms with Gasteiger partial charge in [-0.25, -0.2) is 4.98 Å². The summed E-state index contributed by atoms with van der Waals surface area (Å²) in [6.45, 7) is 4.35. The first kappa shape index (κ1) is 12.5. The molecule has 3 heteroatoms. The molecule has 98 valence electrons. The predicted octanol–water partition coefficient (Wildman–Crippen LogP) is 4.34. The van der Waals surface area contributed by atoms with E-state index in [1.807, 2.05) is 6.07 Å². The maximum absolute atomic E-state index is 5.32. The Hall–Kier alpha value is -1.48. The van der Waals surface area contributed by atoms with Crippen LogP contribution in [0.15, 0.2) is 36.4 Å². The van der Waals surface area contributed by atoms with Crippen LogP contribution in [0, 0.1) is 4.64 Å². The fourth-order valence-corrected chi connectivity index (χ4v) is 2.78. The van der Waals surface area contributed by atoms with Crippen molar-refractivity contribution in [3.63, 3.8) is 0 Å². The third-order valence-corrected chi connectivity index (χ3v) is 4.12. The van der Waals surface area contributed by atoms with Gasteiger partial charge in [-0.1, -0.05) is 56.4 Å². The number of H-pyrrole nitrogens is 1. The van der Waals surface area contributed by atoms with E-state index in [0.29, 0.717) is 10.6 Å². The summed E-state index contributed by atoms with van der Waals surface area (Å²) < 4.78 is 0.694. The number of hydrogen-bond acceptors (Lipinski definition) is 2. The molecule has 0 atom stereocenters. The van der Waals surface area contributed by atoms with E-state index >= 15 is 0 Å². The predicted molar refractivity (Wildman–Crippen MR) is 80.0 cm³/mol. The monoisotopic (exact) mass is 270 g/mol. The van der Waals surface area contributed by atoms with Crippen LogP contribution in [0.3, 0.4) is 0 Å². The third-order valence-electron chi connectivity index (χ3n) is 3.92. The smallest absolute Gasteiger partial charge is 0.130 e. The number of aromatic amines is 1. The lowest BCUT2D eigenvalue weighted by molar-refractivity contribution is 0.713. The van der Waals surface area contributed by atoms with Gasteiger partial charge < -0.3 is 4.98 Å². The Balaban J connectivity index is 2.10. The molecule has 0 bridgehead atoms. The lowest BCUT2D eigenvalue weighted by Gasteiger charge is -2.17. The zero-order chi connectivity index (χ0) is 13.5. The topological polar surface area (TPSA) is 28.7 Å². The minimum Gasteiger partial charge on any atom is -0.346 e. The first-order valence-corrected chi connectivity index (χ1v) is 7.20. The normalized spacial score (nSPS) is 16.6. The van der Waals surface area contributed by atoms with Crippen LogP contribution < -0.4 is 0 Å². The first-order chi connectivity index (χ1) is 9.12. The third kappa shape index (κ3) is 2.23. The summed E-state index contributed by atoms with van der Waals surface area (Å²) in [7, 11) is 0. The van der Waals surface area contributed by atoms with E-state index in [1.165, 1.54) is 11.3 Å². The number of benzene rings is 1. The first-order valence-electron chi connectivity index (χ1n) is 6.79. The van der Waals surface area contributed by atoms with Gasteiger partial charge in [0.1, 0.15) is 10.5 Å². The Labute approximate surface area is 118 Å². The number of hydrogen-bond donors (Lipinski definition) is 1. The fourth-order valence-electron chi connectivity index (χ4n) is 2.56. The molecule has 3 rings (SSSR count). The van der Waals surface area contributed by atoms with E-state index in [2.05, 4.69) is 54.1 Å². The van der Waals surface area contributed by atoms with Crippen LogP contribution in [0.5, 0.6) is 0 Å². The maximum atomic E-state index is 5.32. The van der Waals surface area contributed by atoms with Gasteiger partial charge in [-0.15, -0.1) is 0 Å². The molecule has 1 aromatic carbocycles. The lowest BCUT2D eigenvalue weighted by atomic mass is 9.95. The molecule has 0 unspecified atom stereocenters. The van der Waals surface area contributed by atoms with Gasteiger partial charge in [-0.3, -0.25) is 0 Å². The molecule has 0 aliphatic heterocycles. The van der Waals surface area contributed by atoms with Crippen molar-refractivity contribution >= 4 is 12.2 Å². The van der Waals surface area contributed by atoms with Crippen LogP contribution in [0.1, 0.15) is 49.7 Å². The summed E-state index contributed by atoms with van der Waals surface area (Å²) in [6.07, 6.45) is 2.30. The summed E-state index contributed by atoms with van der Waals surface area (Å²) in [5, 5.41) is 0. The number of nitrogens with one attached hydrogen (secondary N) is 1. The van der Waals surface area contributed by atoms with E-state index in [4.69, 9.17) is 12.2 Å². The van der Waals surface area contributed by atoms with E-state index in [-0.39, 0.29) is 5.41 Å². The second kappa shape index (κ2) is 4.57. The van der Waals surface area contributed by atoms with E-state index in [1.54, 1.807) is 0 Å². The van der Waals surface area contributed by atoms with Crippen LogP contribution in [0.2, 0.25) is 0 Å². The average Bonchev–Trinajstić information content (AvgIpc) is 3.20. The summed E-state index contributed by atoms with van der Waals surface area (Å²) in [4.78, 5) is 8.09. The molecule has 1 aliphatic rings. The molecule has 0 spiro atoms. The standard InChI is InChI=1S/C16H18N2S/c1-11(2)13-10-14(19)18-15(17-13)16(8-9-16)12-6-4-3-5-7-12/h3-7,10-11H,8-9H2,1-2H3,(H,17,18,19). The van der Waals surface area contributed by atoms with E-state index in [0.717, 1.165) is 18.7 Å². The molecule has 1 fully saturated rings. The molecule has 1 heterocycles. The van der Waals surface area contributed by atoms with E-state index < -0.39 is 0 Å². The van der Waals surface area contributed by atoms with Gasteiger partial charge >= 0.3 is 0 Å². The molecule has 1 N–H and O–H groups in total. The van der Waals surface area contributed by atoms with Crippen molar-refractivity contribution in [2.45, 2.75) is 38.0 Å². The van der Waals surface area contributed by atoms with Crippen molar-refractivity contribution in [3.05, 3.63) is 58.1 Å². The summed E-state index contributed by atoms with van der Waals surface area (Å²) in [6, 6.07) is 12.6. The molecule has 0 saturated heterocycles. The van der Waals surface area contributed by atoms with Crippen molar-refractivity contribution < 1.29 is 0 Å². The van der Waals surface area contributed by atoms with E-state index in [9.17, 15) is 0 Å². The Morgan fingerprint density at radius 1 is 1.21 bits per heavy atom. The second-order valence-electron chi connectivity index (χ2n) is 5.63. The molecule has 0 radical (unpaired) electrons. The number of nitrogens with zero attached hydrogens (tertiary/aromatic N) is 1. The van der Waals surface area contributed by atoms with Crippen LogP contribution in [0.4, 0.5) is 0 Å². The Morgan fingerprint density at radius 3 is 2.47 bits per heavy atom. The fraction of sp³-hybridized carbons (Fsp3) is 0.375. The van der Waals surface area contributed by atoms with Gasteiger partial charge in [0.2, 0.25) is 0 Å². The van der Waals surface area contributed by atoms with Crippen molar-refractivity contribution in [2.24, 2.45) is 0 Å². The van der Waals surface area contributed by atoms with Crippen molar-refractivity contribution in [1.29, 1.82) is 0 Å². The molecule has 2 nitrogen and oxygen atoms in total. The van der Waals surface area contributed by atoms with Gasteiger partial charge in [0, 0.05) is 5.69 Å². The minimum absolute atomic E-state index is 0.0692. The zero-order valence-electron chi connectivity index (χ0n) is 11.3. The molecular weight excluding hydrogens is 252 g/mol. The molecule has 0 amide bonds. The summed E-state index contributed by atoms with van der Waals surface area (Å²) >= 11 is 5.32. The molecule has 1 saturated carbocycles. The second-order valence-corrected chi connectivity index (χ2v) is 6.04. The lowest BCUT2D eigenvalue weighted by Crippen LogP contribution is -2.15. The zero-order valence-corrected chi connectivity index (χ0v) is 12.1. The summed E-state index contributed by atoms with van der Waals surface area (Å²) in [5.41, 5.74) is 2.59.